The highest BCUT2D eigenvalue weighted by molar-refractivity contribution is 7.00. The third-order valence-corrected chi connectivity index (χ3v) is 17.2. The highest BCUT2D eigenvalue weighted by atomic mass is 15.3. The van der Waals surface area contributed by atoms with Crippen molar-refractivity contribution in [2.24, 2.45) is 0 Å². The number of anilines is 8. The van der Waals surface area contributed by atoms with Crippen LogP contribution in [-0.4, -0.2) is 6.71 Å². The molecule has 0 fully saturated rings. The van der Waals surface area contributed by atoms with Crippen molar-refractivity contribution in [1.82, 2.24) is 0 Å². The average molecular weight is 920 g/mol. The first-order chi connectivity index (χ1) is 32.8. The number of fused-ring (bicyclic) bond motifs is 9. The van der Waals surface area contributed by atoms with Crippen molar-refractivity contribution >= 4 is 68.6 Å². The second kappa shape index (κ2) is 15.3. The highest BCUT2D eigenvalue weighted by Crippen LogP contribution is 2.65. The van der Waals surface area contributed by atoms with Crippen molar-refractivity contribution in [2.75, 3.05) is 14.7 Å². The lowest BCUT2D eigenvalue weighted by Crippen LogP contribution is -2.61. The lowest BCUT2D eigenvalue weighted by molar-refractivity contribution is 0.245. The Balaban J connectivity index is 1.24. The molecular formula is C66H74BN3. The molecule has 2 atom stereocenters. The van der Waals surface area contributed by atoms with Gasteiger partial charge in [0.1, 0.15) is 0 Å². The Morgan fingerprint density at radius 2 is 0.986 bits per heavy atom. The van der Waals surface area contributed by atoms with Crippen LogP contribution in [0.3, 0.4) is 0 Å². The first-order valence-electron chi connectivity index (χ1n) is 26.1. The molecule has 0 spiro atoms. The van der Waals surface area contributed by atoms with Crippen LogP contribution in [0.5, 0.6) is 0 Å². The Labute approximate surface area is 421 Å². The Hall–Kier alpha value is -6.00. The summed E-state index contributed by atoms with van der Waals surface area (Å²) >= 11 is 0. The van der Waals surface area contributed by atoms with E-state index in [4.69, 9.17) is 0 Å². The van der Waals surface area contributed by atoms with E-state index in [0.717, 1.165) is 12.8 Å². The van der Waals surface area contributed by atoms with Crippen LogP contribution in [-0.2, 0) is 39.0 Å². The van der Waals surface area contributed by atoms with Gasteiger partial charge < -0.3 is 14.7 Å². The number of aryl methyl sites for hydroxylation is 3. The summed E-state index contributed by atoms with van der Waals surface area (Å²) in [7, 11) is 0. The molecule has 3 nitrogen and oxygen atoms in total. The van der Waals surface area contributed by atoms with Crippen molar-refractivity contribution in [2.45, 2.75) is 156 Å². The van der Waals surface area contributed by atoms with E-state index < -0.39 is 0 Å². The molecule has 0 saturated carbocycles. The Morgan fingerprint density at radius 1 is 0.457 bits per heavy atom. The maximum absolute atomic E-state index is 2.78. The molecule has 4 aliphatic rings. The van der Waals surface area contributed by atoms with Crippen LogP contribution < -0.4 is 31.1 Å². The van der Waals surface area contributed by atoms with Gasteiger partial charge in [0, 0.05) is 50.9 Å². The summed E-state index contributed by atoms with van der Waals surface area (Å²) in [5.74, 6) is 0. The van der Waals surface area contributed by atoms with Gasteiger partial charge in [-0.2, -0.15) is 0 Å². The molecule has 7 aromatic carbocycles. The summed E-state index contributed by atoms with van der Waals surface area (Å²) in [6, 6.07) is 53.2. The van der Waals surface area contributed by atoms with Crippen LogP contribution >= 0.6 is 0 Å². The zero-order chi connectivity index (χ0) is 49.8. The molecule has 356 valence electrons. The van der Waals surface area contributed by atoms with Gasteiger partial charge in [-0.15, -0.1) is 0 Å². The van der Waals surface area contributed by atoms with Crippen molar-refractivity contribution in [1.29, 1.82) is 0 Å². The van der Waals surface area contributed by atoms with Crippen LogP contribution in [0, 0.1) is 13.8 Å². The minimum absolute atomic E-state index is 0.00192. The molecule has 70 heavy (non-hydrogen) atoms. The van der Waals surface area contributed by atoms with Crippen molar-refractivity contribution in [3.8, 4) is 0 Å². The zero-order valence-electron chi connectivity index (χ0n) is 45.0. The fourth-order valence-corrected chi connectivity index (χ4v) is 13.0. The molecule has 2 unspecified atom stereocenters. The summed E-state index contributed by atoms with van der Waals surface area (Å²) in [6.07, 6.45) is 2.18. The van der Waals surface area contributed by atoms with E-state index in [2.05, 4.69) is 259 Å². The minimum Gasteiger partial charge on any atom is -0.330 e. The lowest BCUT2D eigenvalue weighted by atomic mass is 9.33. The average Bonchev–Trinajstić information content (AvgIpc) is 3.50. The molecule has 1 aliphatic carbocycles. The van der Waals surface area contributed by atoms with Gasteiger partial charge in [0.05, 0.1) is 5.54 Å². The number of hydrogen-bond donors (Lipinski definition) is 0. The summed E-state index contributed by atoms with van der Waals surface area (Å²) in [6.45, 7) is 37.8. The molecular weight excluding hydrogens is 846 g/mol. The second-order valence-electron chi connectivity index (χ2n) is 26.0. The van der Waals surface area contributed by atoms with Crippen LogP contribution in [0.15, 0.2) is 133 Å². The summed E-state index contributed by atoms with van der Waals surface area (Å²) in [5.41, 5.74) is 26.0. The predicted octanol–water partition coefficient (Wildman–Crippen LogP) is 15.8. The smallest absolute Gasteiger partial charge is 0.252 e. The van der Waals surface area contributed by atoms with Gasteiger partial charge in [-0.05, 0) is 171 Å². The van der Waals surface area contributed by atoms with E-state index in [0.29, 0.717) is 0 Å². The van der Waals surface area contributed by atoms with Crippen LogP contribution in [0.25, 0.3) is 0 Å². The molecule has 0 bridgehead atoms. The molecule has 0 radical (unpaired) electrons. The van der Waals surface area contributed by atoms with Crippen molar-refractivity contribution in [3.05, 3.63) is 184 Å². The summed E-state index contributed by atoms with van der Waals surface area (Å²) in [5, 5.41) is 0. The fraction of sp³-hybridized carbons (Fsp3) is 0.364. The Kier molecular flexibility index (Phi) is 10.1. The first kappa shape index (κ1) is 46.4. The van der Waals surface area contributed by atoms with Gasteiger partial charge in [0.25, 0.3) is 6.71 Å². The van der Waals surface area contributed by atoms with Gasteiger partial charge in [0.15, 0.2) is 0 Å². The van der Waals surface area contributed by atoms with Gasteiger partial charge in [-0.25, -0.2) is 0 Å². The highest BCUT2D eigenvalue weighted by Gasteiger charge is 2.60. The van der Waals surface area contributed by atoms with E-state index in [1.807, 2.05) is 0 Å². The molecule has 11 rings (SSSR count). The standard InChI is InChI=1S/C66H74BN3/c1-41-35-42(2)60-52(36-41)65(15)34-33-43-19-17-18-20-51(43)66(65,16)70(60)50-30-31-53-56(40-50)69(49-28-23-45(24-29-49)62(6,7)8)58-39-47(64(12,13)14)38-57-59(58)67(53)54-37-46(63(9,10)11)25-32-55(54)68(57)48-26-21-44(22-27-48)61(3,4)5/h17-32,35-40H,33-34H2,1-16H3. The topological polar surface area (TPSA) is 9.72 Å². The fourth-order valence-electron chi connectivity index (χ4n) is 13.0. The number of benzene rings is 7. The monoisotopic (exact) mass is 920 g/mol. The normalized spacial score (nSPS) is 19.3. The SMILES string of the molecule is Cc1cc(C)c2c(c1)C1(C)CCc3ccccc3C1(C)N2c1ccc2c(c1)N(c1ccc(C(C)(C)C)cc1)c1cc(C(C)(C)C)cc3c1B2c1cc(C(C)(C)C)ccc1N3c1ccc(C(C)(C)C)cc1. The maximum Gasteiger partial charge on any atom is 0.252 e. The van der Waals surface area contributed by atoms with Gasteiger partial charge >= 0.3 is 0 Å². The molecule has 3 aliphatic heterocycles. The lowest BCUT2D eigenvalue weighted by Gasteiger charge is -2.51. The van der Waals surface area contributed by atoms with Crippen LogP contribution in [0.4, 0.5) is 45.5 Å². The Bertz CT molecular complexity index is 3260. The van der Waals surface area contributed by atoms with Crippen molar-refractivity contribution in [3.63, 3.8) is 0 Å². The second-order valence-corrected chi connectivity index (χ2v) is 26.0. The summed E-state index contributed by atoms with van der Waals surface area (Å²) in [4.78, 5) is 8.01. The number of hydrogen-bond acceptors (Lipinski definition) is 3. The van der Waals surface area contributed by atoms with Crippen molar-refractivity contribution < 1.29 is 0 Å². The van der Waals surface area contributed by atoms with Gasteiger partial charge in [-0.1, -0.05) is 174 Å². The number of rotatable bonds is 3. The molecule has 4 heteroatoms. The molecule has 0 saturated heterocycles. The first-order valence-corrected chi connectivity index (χ1v) is 26.1. The number of nitrogens with zero attached hydrogens (tertiary/aromatic N) is 3. The largest absolute Gasteiger partial charge is 0.330 e. The van der Waals surface area contributed by atoms with E-state index >= 15 is 0 Å². The summed E-state index contributed by atoms with van der Waals surface area (Å²) < 4.78 is 0. The van der Waals surface area contributed by atoms with E-state index in [-0.39, 0.29) is 39.3 Å². The minimum atomic E-state index is -0.322. The maximum atomic E-state index is 2.78. The molecule has 7 aromatic rings. The van der Waals surface area contributed by atoms with Crippen LogP contribution in [0.2, 0.25) is 0 Å². The molecule has 0 amide bonds. The van der Waals surface area contributed by atoms with Gasteiger partial charge in [-0.3, -0.25) is 0 Å². The molecule has 3 heterocycles. The molecule has 0 N–H and O–H groups in total. The van der Waals surface area contributed by atoms with Crippen LogP contribution in [0.1, 0.15) is 153 Å². The zero-order valence-corrected chi connectivity index (χ0v) is 45.0. The molecule has 0 aromatic heterocycles. The predicted molar refractivity (Wildman–Crippen MR) is 303 cm³/mol. The Morgan fingerprint density at radius 3 is 1.56 bits per heavy atom. The quantitative estimate of drug-likeness (QED) is 0.164. The van der Waals surface area contributed by atoms with Gasteiger partial charge in [0.2, 0.25) is 0 Å². The van der Waals surface area contributed by atoms with E-state index in [1.165, 1.54) is 112 Å². The van der Waals surface area contributed by atoms with E-state index in [9.17, 15) is 0 Å². The third kappa shape index (κ3) is 6.82. The third-order valence-electron chi connectivity index (χ3n) is 17.2. The van der Waals surface area contributed by atoms with E-state index in [1.54, 1.807) is 0 Å².